The number of benzene rings is 2. The summed E-state index contributed by atoms with van der Waals surface area (Å²) in [6.07, 6.45) is 2.35. The van der Waals surface area contributed by atoms with E-state index in [-0.39, 0.29) is 46.9 Å². The van der Waals surface area contributed by atoms with Crippen LogP contribution in [0.15, 0.2) is 46.5 Å². The van der Waals surface area contributed by atoms with Crippen molar-refractivity contribution in [3.63, 3.8) is 0 Å². The van der Waals surface area contributed by atoms with E-state index in [1.54, 1.807) is 19.1 Å². The number of phenolic OH excluding ortho intramolecular Hbond substituents is 1. The summed E-state index contributed by atoms with van der Waals surface area (Å²) < 4.78 is 20.1. The number of hydrogen-bond donors (Lipinski definition) is 1. The molecular weight excluding hydrogens is 643 g/mol. The third-order valence-corrected chi connectivity index (χ3v) is 10.5. The zero-order valence-electron chi connectivity index (χ0n) is 24.3. The molecule has 2 aliphatic heterocycles. The van der Waals surface area contributed by atoms with Crippen molar-refractivity contribution in [1.82, 2.24) is 4.90 Å². The van der Waals surface area contributed by atoms with Crippen molar-refractivity contribution in [3.05, 3.63) is 62.9 Å². The minimum atomic E-state index is -1.40. The second kappa shape index (κ2) is 9.89. The summed E-state index contributed by atoms with van der Waals surface area (Å²) in [5.41, 5.74) is -0.911. The molecule has 6 unspecified atom stereocenters. The van der Waals surface area contributed by atoms with E-state index in [0.29, 0.717) is 10.0 Å². The van der Waals surface area contributed by atoms with Crippen molar-refractivity contribution >= 4 is 56.8 Å². The lowest BCUT2D eigenvalue weighted by Gasteiger charge is -2.49. The van der Waals surface area contributed by atoms with Gasteiger partial charge in [0.05, 0.1) is 41.0 Å². The van der Waals surface area contributed by atoms with Gasteiger partial charge in [0, 0.05) is 21.5 Å². The Bertz CT molecular complexity index is 1650. The second-order valence-corrected chi connectivity index (χ2v) is 14.3. The molecule has 0 aromatic heterocycles. The van der Waals surface area contributed by atoms with E-state index in [4.69, 9.17) is 16.3 Å². The number of rotatable bonds is 3. The highest BCUT2D eigenvalue weighted by Crippen LogP contribution is 2.65. The second-order valence-electron chi connectivity index (χ2n) is 13.0. The van der Waals surface area contributed by atoms with Gasteiger partial charge in [-0.15, -0.1) is 0 Å². The topological polar surface area (TPSA) is 104 Å². The predicted molar refractivity (Wildman–Crippen MR) is 160 cm³/mol. The highest BCUT2D eigenvalue weighted by molar-refractivity contribution is 9.10. The fraction of sp³-hybridized carbons (Fsp3) is 0.438. The van der Waals surface area contributed by atoms with Crippen LogP contribution in [0.4, 0.5) is 10.1 Å². The van der Waals surface area contributed by atoms with Crippen molar-refractivity contribution in [2.24, 2.45) is 29.1 Å². The van der Waals surface area contributed by atoms with Crippen LogP contribution in [0, 0.1) is 34.9 Å². The minimum absolute atomic E-state index is 0.132. The van der Waals surface area contributed by atoms with Crippen molar-refractivity contribution in [2.75, 3.05) is 12.0 Å². The molecule has 4 aliphatic rings. The number of aromatic hydroxyl groups is 1. The first kappa shape index (κ1) is 29.8. The fourth-order valence-corrected chi connectivity index (χ4v) is 8.49. The molecule has 0 spiro atoms. The number of hydrogen-bond acceptors (Lipinski definition) is 6. The molecule has 0 bridgehead atoms. The Labute approximate surface area is 261 Å². The maximum atomic E-state index is 14.5. The Morgan fingerprint density at radius 2 is 1.77 bits per heavy atom. The first-order chi connectivity index (χ1) is 20.1. The average Bonchev–Trinajstić information content (AvgIpc) is 3.31. The first-order valence-electron chi connectivity index (χ1n) is 14.1. The van der Waals surface area contributed by atoms with Crippen LogP contribution in [-0.2, 0) is 19.2 Å². The van der Waals surface area contributed by atoms with E-state index in [1.807, 2.05) is 26.8 Å². The molecule has 6 atom stereocenters. The maximum absolute atomic E-state index is 14.5. The molecule has 2 saturated heterocycles. The van der Waals surface area contributed by atoms with E-state index < -0.39 is 58.2 Å². The van der Waals surface area contributed by atoms with E-state index in [0.717, 1.165) is 16.5 Å². The van der Waals surface area contributed by atoms with Gasteiger partial charge in [-0.25, -0.2) is 9.29 Å². The summed E-state index contributed by atoms with van der Waals surface area (Å²) in [4.78, 5) is 58.6. The van der Waals surface area contributed by atoms with Crippen LogP contribution in [-0.4, -0.2) is 46.3 Å². The van der Waals surface area contributed by atoms with E-state index >= 15 is 0 Å². The van der Waals surface area contributed by atoms with Gasteiger partial charge in [-0.2, -0.15) is 0 Å². The summed E-state index contributed by atoms with van der Waals surface area (Å²) in [6, 6.07) is 6.96. The van der Waals surface area contributed by atoms with Crippen LogP contribution in [0.1, 0.15) is 52.0 Å². The molecule has 1 saturated carbocycles. The molecule has 6 rings (SSSR count). The predicted octanol–water partition coefficient (Wildman–Crippen LogP) is 5.99. The quantitative estimate of drug-likeness (QED) is 0.318. The zero-order valence-corrected chi connectivity index (χ0v) is 26.6. The normalized spacial score (nSPS) is 30.3. The summed E-state index contributed by atoms with van der Waals surface area (Å²) in [6.45, 7) is 7.14. The van der Waals surface area contributed by atoms with Gasteiger partial charge in [0.1, 0.15) is 5.82 Å². The zero-order chi connectivity index (χ0) is 31.3. The number of methoxy groups -OCH3 is 1. The molecule has 43 heavy (non-hydrogen) atoms. The number of anilines is 1. The Balaban J connectivity index is 1.57. The van der Waals surface area contributed by atoms with Gasteiger partial charge in [-0.1, -0.05) is 39.2 Å². The van der Waals surface area contributed by atoms with Crippen LogP contribution in [0.2, 0.25) is 5.02 Å². The van der Waals surface area contributed by atoms with E-state index in [1.165, 1.54) is 24.1 Å². The molecule has 8 nitrogen and oxygen atoms in total. The molecule has 2 aliphatic carbocycles. The number of carbonyl (C=O) groups is 4. The SMILES string of the molecule is COc1cc(Br)cc(C2C3=CCC4C(=O)N(C(C)(C)C)C(=O)C4C3CC3C(=O)N(c4ccc(F)c(Cl)c4)C(=O)C32C)c1O. The Morgan fingerprint density at radius 3 is 2.40 bits per heavy atom. The number of likely N-dealkylation sites (tertiary alicyclic amines) is 1. The van der Waals surface area contributed by atoms with Gasteiger partial charge < -0.3 is 9.84 Å². The van der Waals surface area contributed by atoms with Gasteiger partial charge in [0.25, 0.3) is 0 Å². The third-order valence-electron chi connectivity index (χ3n) is 9.71. The van der Waals surface area contributed by atoms with Gasteiger partial charge in [-0.05, 0) is 76.8 Å². The van der Waals surface area contributed by atoms with Crippen molar-refractivity contribution in [1.29, 1.82) is 0 Å². The lowest BCUT2D eigenvalue weighted by Crippen LogP contribution is -2.49. The number of amides is 4. The average molecular weight is 674 g/mol. The van der Waals surface area contributed by atoms with Crippen LogP contribution >= 0.6 is 27.5 Å². The van der Waals surface area contributed by atoms with Gasteiger partial charge in [0.2, 0.25) is 23.6 Å². The largest absolute Gasteiger partial charge is 0.504 e. The number of phenols is 1. The fourth-order valence-electron chi connectivity index (χ4n) is 7.86. The van der Waals surface area contributed by atoms with Gasteiger partial charge in [-0.3, -0.25) is 24.1 Å². The molecule has 1 N–H and O–H groups in total. The number of halogens is 3. The summed E-state index contributed by atoms with van der Waals surface area (Å²) >= 11 is 9.54. The van der Waals surface area contributed by atoms with E-state index in [9.17, 15) is 28.7 Å². The maximum Gasteiger partial charge on any atom is 0.241 e. The van der Waals surface area contributed by atoms with Crippen molar-refractivity contribution in [3.8, 4) is 11.5 Å². The van der Waals surface area contributed by atoms with Crippen molar-refractivity contribution in [2.45, 2.75) is 52.0 Å². The highest BCUT2D eigenvalue weighted by Gasteiger charge is 2.68. The summed E-state index contributed by atoms with van der Waals surface area (Å²) in [5.74, 6) is -5.87. The van der Waals surface area contributed by atoms with Gasteiger partial charge in [0.15, 0.2) is 11.5 Å². The molecule has 2 aromatic carbocycles. The number of nitrogens with zero attached hydrogens (tertiary/aromatic N) is 2. The number of allylic oxidation sites excluding steroid dienone is 2. The molecule has 2 heterocycles. The van der Waals surface area contributed by atoms with Crippen LogP contribution in [0.25, 0.3) is 0 Å². The first-order valence-corrected chi connectivity index (χ1v) is 15.3. The van der Waals surface area contributed by atoms with E-state index in [2.05, 4.69) is 15.9 Å². The minimum Gasteiger partial charge on any atom is -0.504 e. The highest BCUT2D eigenvalue weighted by atomic mass is 79.9. The molecular formula is C32H31BrClFN2O6. The molecule has 11 heteroatoms. The van der Waals surface area contributed by atoms with Crippen LogP contribution < -0.4 is 9.64 Å². The number of ether oxygens (including phenoxy) is 1. The molecule has 226 valence electrons. The molecule has 4 amide bonds. The third kappa shape index (κ3) is 4.12. The standard InChI is InChI=1S/C32H31BrClFN2O6/c1-31(2,3)37-27(39)17-8-7-16-18(24(17)29(37)41)13-20-28(40)36(15-6-9-22(35)21(34)12-15)30(42)32(20,4)25(16)19-10-14(33)11-23(43-5)26(19)38/h6-7,9-12,17-18,20,24-25,38H,8,13H2,1-5H3. The lowest BCUT2D eigenvalue weighted by atomic mass is 9.51. The Hall–Kier alpha value is -3.24. The number of carbonyl (C=O) groups excluding carboxylic acids is 4. The molecule has 0 radical (unpaired) electrons. The number of fused-ring (bicyclic) bond motifs is 4. The number of imide groups is 2. The van der Waals surface area contributed by atoms with Crippen LogP contribution in [0.3, 0.4) is 0 Å². The molecule has 3 fully saturated rings. The lowest BCUT2D eigenvalue weighted by molar-refractivity contribution is -0.145. The van der Waals surface area contributed by atoms with Crippen LogP contribution in [0.5, 0.6) is 11.5 Å². The van der Waals surface area contributed by atoms with Crippen molar-refractivity contribution < 1.29 is 33.4 Å². The summed E-state index contributed by atoms with van der Waals surface area (Å²) in [7, 11) is 1.41. The summed E-state index contributed by atoms with van der Waals surface area (Å²) in [5, 5.41) is 11.2. The Morgan fingerprint density at radius 1 is 1.07 bits per heavy atom. The smallest absolute Gasteiger partial charge is 0.241 e. The van der Waals surface area contributed by atoms with Gasteiger partial charge >= 0.3 is 0 Å². The molecule has 2 aromatic rings. The monoisotopic (exact) mass is 672 g/mol. The Kier molecular flexibility index (Phi) is 6.86.